The lowest BCUT2D eigenvalue weighted by Gasteiger charge is -2.21. The molecule has 0 aromatic heterocycles. The Morgan fingerprint density at radius 3 is 2.72 bits per heavy atom. The molecule has 0 radical (unpaired) electrons. The second-order valence-corrected chi connectivity index (χ2v) is 8.86. The van der Waals surface area contributed by atoms with Gasteiger partial charge >= 0.3 is 0 Å². The SMILES string of the molecule is CC[C@@H](NC1=C(Nc2cccc(C=O)c2O)C(=O)N(C2=CCCC=C2)C1=O)c1ccc2c(c1)OCC2. The zero-order valence-corrected chi connectivity index (χ0v) is 19.9. The van der Waals surface area contributed by atoms with Crippen molar-refractivity contribution in [3.63, 3.8) is 0 Å². The van der Waals surface area contributed by atoms with Crippen LogP contribution >= 0.6 is 0 Å². The molecule has 1 aliphatic carbocycles. The van der Waals surface area contributed by atoms with Crippen LogP contribution in [0.4, 0.5) is 5.69 Å². The number of fused-ring (bicyclic) bond motifs is 1. The first-order valence-electron chi connectivity index (χ1n) is 12.1. The third-order valence-electron chi connectivity index (χ3n) is 6.62. The molecule has 3 N–H and O–H groups in total. The number of hydrogen-bond donors (Lipinski definition) is 3. The van der Waals surface area contributed by atoms with E-state index in [1.165, 1.54) is 6.07 Å². The molecule has 2 aromatic rings. The number of para-hydroxylation sites is 1. The molecule has 184 valence electrons. The molecule has 0 bridgehead atoms. The van der Waals surface area contributed by atoms with Crippen LogP contribution in [-0.4, -0.2) is 34.7 Å². The van der Waals surface area contributed by atoms with Crippen molar-refractivity contribution in [3.05, 3.63) is 88.4 Å². The number of carbonyl (C=O) groups is 3. The van der Waals surface area contributed by atoms with Gasteiger partial charge in [0.2, 0.25) is 0 Å². The van der Waals surface area contributed by atoms with Gasteiger partial charge in [-0.15, -0.1) is 0 Å². The van der Waals surface area contributed by atoms with E-state index in [9.17, 15) is 19.5 Å². The van der Waals surface area contributed by atoms with E-state index in [-0.39, 0.29) is 34.4 Å². The van der Waals surface area contributed by atoms with E-state index in [1.807, 2.05) is 37.3 Å². The average Bonchev–Trinajstić information content (AvgIpc) is 3.46. The summed E-state index contributed by atoms with van der Waals surface area (Å²) < 4.78 is 5.72. The fourth-order valence-corrected chi connectivity index (χ4v) is 4.67. The number of allylic oxidation sites excluding steroid dienone is 3. The Hall–Kier alpha value is -4.33. The highest BCUT2D eigenvalue weighted by Crippen LogP contribution is 2.34. The summed E-state index contributed by atoms with van der Waals surface area (Å²) in [5.74, 6) is -0.480. The van der Waals surface area contributed by atoms with Crippen molar-refractivity contribution in [3.8, 4) is 11.5 Å². The molecule has 2 aliphatic heterocycles. The number of nitrogens with one attached hydrogen (secondary N) is 2. The van der Waals surface area contributed by atoms with Crippen molar-refractivity contribution in [1.82, 2.24) is 10.2 Å². The van der Waals surface area contributed by atoms with Crippen LogP contribution in [0, 0.1) is 0 Å². The number of ether oxygens (including phenoxy) is 1. The largest absolute Gasteiger partial charge is 0.505 e. The van der Waals surface area contributed by atoms with Crippen LogP contribution in [0.15, 0.2) is 71.7 Å². The summed E-state index contributed by atoms with van der Waals surface area (Å²) in [4.78, 5) is 39.6. The molecule has 0 unspecified atom stereocenters. The summed E-state index contributed by atoms with van der Waals surface area (Å²) in [6.07, 6.45) is 9.15. The Labute approximate surface area is 208 Å². The molecule has 0 spiro atoms. The van der Waals surface area contributed by atoms with Gasteiger partial charge in [0.25, 0.3) is 11.8 Å². The molecule has 3 aliphatic rings. The molecule has 2 heterocycles. The highest BCUT2D eigenvalue weighted by atomic mass is 16.5. The Morgan fingerprint density at radius 2 is 1.97 bits per heavy atom. The number of hydrogen-bond acceptors (Lipinski definition) is 7. The summed E-state index contributed by atoms with van der Waals surface area (Å²) in [5, 5.41) is 16.7. The Morgan fingerprint density at radius 1 is 1.14 bits per heavy atom. The topological polar surface area (TPSA) is 108 Å². The number of amides is 2. The number of phenolic OH excluding ortho intramolecular Hbond substituents is 1. The summed E-state index contributed by atoms with van der Waals surface area (Å²) in [6, 6.07) is 10.3. The molecule has 36 heavy (non-hydrogen) atoms. The zero-order valence-electron chi connectivity index (χ0n) is 19.9. The molecule has 0 saturated heterocycles. The summed E-state index contributed by atoms with van der Waals surface area (Å²) in [7, 11) is 0. The first-order chi connectivity index (χ1) is 17.5. The minimum atomic E-state index is -0.539. The number of imide groups is 1. The standard InChI is InChI=1S/C28H27N3O5/c1-2-21(18-12-11-17-13-14-36-23(17)15-18)29-24-25(30-22-10-6-7-19(16-32)26(22)33)28(35)31(27(24)34)20-8-4-3-5-9-20/h4,6-12,15-16,21,29-30,33H,2-3,5,13-14H2,1H3/t21-/m1/s1. The highest BCUT2D eigenvalue weighted by Gasteiger charge is 2.41. The van der Waals surface area contributed by atoms with Crippen LogP contribution in [0.25, 0.3) is 0 Å². The normalized spacial score (nSPS) is 17.6. The Kier molecular flexibility index (Phi) is 6.33. The first kappa shape index (κ1) is 23.4. The van der Waals surface area contributed by atoms with Crippen LogP contribution in [0.1, 0.15) is 53.7 Å². The lowest BCUT2D eigenvalue weighted by molar-refractivity contribution is -0.135. The number of nitrogens with zero attached hydrogens (tertiary/aromatic N) is 1. The number of aldehydes is 1. The van der Waals surface area contributed by atoms with Crippen molar-refractivity contribution in [1.29, 1.82) is 0 Å². The summed E-state index contributed by atoms with van der Waals surface area (Å²) >= 11 is 0. The van der Waals surface area contributed by atoms with E-state index in [0.717, 1.165) is 41.0 Å². The fourth-order valence-electron chi connectivity index (χ4n) is 4.67. The third kappa shape index (κ3) is 4.15. The van der Waals surface area contributed by atoms with Gasteiger partial charge < -0.3 is 20.5 Å². The lowest BCUT2D eigenvalue weighted by Crippen LogP contribution is -2.34. The molecule has 0 saturated carbocycles. The van der Waals surface area contributed by atoms with Crippen LogP contribution in [0.3, 0.4) is 0 Å². The predicted molar refractivity (Wildman–Crippen MR) is 134 cm³/mol. The van der Waals surface area contributed by atoms with Crippen molar-refractivity contribution >= 4 is 23.8 Å². The quantitative estimate of drug-likeness (QED) is 0.293. The van der Waals surface area contributed by atoms with Gasteiger partial charge in [0, 0.05) is 12.1 Å². The van der Waals surface area contributed by atoms with Crippen LogP contribution in [0.5, 0.6) is 11.5 Å². The maximum Gasteiger partial charge on any atom is 0.284 e. The fraction of sp³-hybridized carbons (Fsp3) is 0.250. The second-order valence-electron chi connectivity index (χ2n) is 8.86. The molecular weight excluding hydrogens is 458 g/mol. The van der Waals surface area contributed by atoms with E-state index in [0.29, 0.717) is 25.0 Å². The van der Waals surface area contributed by atoms with E-state index < -0.39 is 11.8 Å². The molecule has 1 atom stereocenters. The molecule has 5 rings (SSSR count). The zero-order chi connectivity index (χ0) is 25.2. The predicted octanol–water partition coefficient (Wildman–Crippen LogP) is 4.11. The van der Waals surface area contributed by atoms with Crippen molar-refractivity contribution in [2.75, 3.05) is 11.9 Å². The summed E-state index contributed by atoms with van der Waals surface area (Å²) in [6.45, 7) is 2.64. The van der Waals surface area contributed by atoms with Gasteiger partial charge in [-0.25, -0.2) is 4.90 Å². The van der Waals surface area contributed by atoms with Crippen LogP contribution < -0.4 is 15.4 Å². The second kappa shape index (κ2) is 9.73. The number of anilines is 1. The Bertz CT molecular complexity index is 1340. The monoisotopic (exact) mass is 485 g/mol. The van der Waals surface area contributed by atoms with E-state index in [1.54, 1.807) is 18.2 Å². The van der Waals surface area contributed by atoms with E-state index >= 15 is 0 Å². The van der Waals surface area contributed by atoms with Crippen molar-refractivity contribution in [2.45, 2.75) is 38.6 Å². The number of rotatable bonds is 8. The summed E-state index contributed by atoms with van der Waals surface area (Å²) in [5.41, 5.74) is 2.94. The number of benzene rings is 2. The van der Waals surface area contributed by atoms with Gasteiger partial charge in [0.05, 0.1) is 23.9 Å². The molecule has 2 amide bonds. The minimum Gasteiger partial charge on any atom is -0.505 e. The maximum atomic E-state index is 13.6. The first-order valence-corrected chi connectivity index (χ1v) is 12.1. The van der Waals surface area contributed by atoms with Gasteiger partial charge in [-0.1, -0.05) is 37.3 Å². The van der Waals surface area contributed by atoms with Crippen molar-refractivity contribution < 1.29 is 24.2 Å². The van der Waals surface area contributed by atoms with E-state index in [2.05, 4.69) is 10.6 Å². The highest BCUT2D eigenvalue weighted by molar-refractivity contribution is 6.21. The van der Waals surface area contributed by atoms with Gasteiger partial charge in [0.1, 0.15) is 22.9 Å². The lowest BCUT2D eigenvalue weighted by atomic mass is 10.0. The van der Waals surface area contributed by atoms with Crippen LogP contribution in [-0.2, 0) is 16.0 Å². The third-order valence-corrected chi connectivity index (χ3v) is 6.62. The number of aromatic hydroxyl groups is 1. The smallest absolute Gasteiger partial charge is 0.284 e. The van der Waals surface area contributed by atoms with Gasteiger partial charge in [-0.05, 0) is 54.7 Å². The van der Waals surface area contributed by atoms with Gasteiger partial charge in [0.15, 0.2) is 6.29 Å². The molecular formula is C28H27N3O5. The van der Waals surface area contributed by atoms with Crippen LogP contribution in [0.2, 0.25) is 0 Å². The number of carbonyl (C=O) groups excluding carboxylic acids is 3. The van der Waals surface area contributed by atoms with Crippen molar-refractivity contribution in [2.24, 2.45) is 0 Å². The molecule has 8 heteroatoms. The maximum absolute atomic E-state index is 13.6. The average molecular weight is 486 g/mol. The minimum absolute atomic E-state index is 0.00841. The van der Waals surface area contributed by atoms with E-state index in [4.69, 9.17) is 4.74 Å². The Balaban J connectivity index is 1.53. The van der Waals surface area contributed by atoms with Gasteiger partial charge in [-0.3, -0.25) is 14.4 Å². The molecule has 2 aromatic carbocycles. The molecule has 0 fully saturated rings. The molecule has 8 nitrogen and oxygen atoms in total. The van der Waals surface area contributed by atoms with Gasteiger partial charge in [-0.2, -0.15) is 0 Å². The number of phenols is 1.